The zero-order valence-electron chi connectivity index (χ0n) is 11.1. The van der Waals surface area contributed by atoms with Gasteiger partial charge in [-0.2, -0.15) is 0 Å². The molecule has 0 aliphatic rings. The molecule has 0 amide bonds. The molecule has 100 valence electrons. The lowest BCUT2D eigenvalue weighted by atomic mass is 9.92. The number of aliphatic carboxylic acids is 1. The minimum atomic E-state index is -0.920. The summed E-state index contributed by atoms with van der Waals surface area (Å²) in [6.45, 7) is 3.45. The van der Waals surface area contributed by atoms with Crippen molar-refractivity contribution >= 4 is 5.97 Å². The predicted octanol–water partition coefficient (Wildman–Crippen LogP) is 1.73. The number of benzene rings is 1. The lowest BCUT2D eigenvalue weighted by Gasteiger charge is -2.20. The first kappa shape index (κ1) is 14.3. The Kier molecular flexibility index (Phi) is 4.55. The van der Waals surface area contributed by atoms with Crippen LogP contribution in [0, 0.1) is 12.8 Å². The number of ether oxygens (including phenoxy) is 2. The lowest BCUT2D eigenvalue weighted by Crippen LogP contribution is -2.26. The summed E-state index contributed by atoms with van der Waals surface area (Å²) in [6, 6.07) is 2.95. The average molecular weight is 253 g/mol. The highest BCUT2D eigenvalue weighted by molar-refractivity contribution is 5.71. The van der Waals surface area contributed by atoms with Gasteiger partial charge in [0.05, 0.1) is 20.1 Å². The quantitative estimate of drug-likeness (QED) is 0.835. The van der Waals surface area contributed by atoms with E-state index < -0.39 is 17.9 Å². The van der Waals surface area contributed by atoms with Crippen molar-refractivity contribution in [1.82, 2.24) is 0 Å². The van der Waals surface area contributed by atoms with Gasteiger partial charge in [0, 0.05) is 6.04 Å². The number of carbonyl (C=O) groups is 1. The topological polar surface area (TPSA) is 81.8 Å². The third-order valence-corrected chi connectivity index (χ3v) is 3.06. The first-order chi connectivity index (χ1) is 8.42. The zero-order chi connectivity index (χ0) is 13.9. The molecule has 0 saturated carbocycles. The van der Waals surface area contributed by atoms with Crippen LogP contribution in [0.1, 0.15) is 24.1 Å². The monoisotopic (exact) mass is 253 g/mol. The molecule has 2 unspecified atom stereocenters. The normalized spacial score (nSPS) is 13.8. The number of methoxy groups -OCH3 is 2. The third kappa shape index (κ3) is 2.73. The zero-order valence-corrected chi connectivity index (χ0v) is 11.1. The van der Waals surface area contributed by atoms with Crippen molar-refractivity contribution in [2.24, 2.45) is 11.7 Å². The second-order valence-corrected chi connectivity index (χ2v) is 4.22. The highest BCUT2D eigenvalue weighted by Crippen LogP contribution is 2.34. The summed E-state index contributed by atoms with van der Waals surface area (Å²) in [6.07, 6.45) is 0. The smallest absolute Gasteiger partial charge is 0.308 e. The summed E-state index contributed by atoms with van der Waals surface area (Å²) in [7, 11) is 3.08. The second-order valence-electron chi connectivity index (χ2n) is 4.22. The van der Waals surface area contributed by atoms with Crippen LogP contribution in [0.5, 0.6) is 11.5 Å². The Labute approximate surface area is 107 Å². The average Bonchev–Trinajstić information content (AvgIpc) is 2.36. The summed E-state index contributed by atoms with van der Waals surface area (Å²) in [4.78, 5) is 11.0. The van der Waals surface area contributed by atoms with Crippen LogP contribution in [-0.2, 0) is 4.79 Å². The molecule has 0 bridgehead atoms. The summed E-state index contributed by atoms with van der Waals surface area (Å²) >= 11 is 0. The summed E-state index contributed by atoms with van der Waals surface area (Å²) in [5, 5.41) is 9.00. The number of carboxylic acids is 1. The van der Waals surface area contributed by atoms with Crippen LogP contribution in [-0.4, -0.2) is 25.3 Å². The van der Waals surface area contributed by atoms with E-state index >= 15 is 0 Å². The number of carboxylic acid groups (broad SMARTS) is 1. The van der Waals surface area contributed by atoms with E-state index in [4.69, 9.17) is 20.3 Å². The first-order valence-electron chi connectivity index (χ1n) is 5.63. The fraction of sp³-hybridized carbons (Fsp3) is 0.462. The maximum Gasteiger partial charge on any atom is 0.308 e. The molecule has 1 rings (SSSR count). The van der Waals surface area contributed by atoms with Crippen LogP contribution in [0.3, 0.4) is 0 Å². The van der Waals surface area contributed by atoms with Gasteiger partial charge in [-0.1, -0.05) is 6.92 Å². The van der Waals surface area contributed by atoms with Crippen LogP contribution in [0.25, 0.3) is 0 Å². The van der Waals surface area contributed by atoms with Gasteiger partial charge in [-0.25, -0.2) is 0 Å². The number of rotatable bonds is 5. The molecule has 0 aliphatic carbocycles. The number of nitrogens with two attached hydrogens (primary N) is 1. The number of hydrogen-bond acceptors (Lipinski definition) is 4. The van der Waals surface area contributed by atoms with Gasteiger partial charge in [0.25, 0.3) is 0 Å². The van der Waals surface area contributed by atoms with Crippen molar-refractivity contribution in [3.63, 3.8) is 0 Å². The molecule has 5 heteroatoms. The minimum Gasteiger partial charge on any atom is -0.493 e. The van der Waals surface area contributed by atoms with Crippen molar-refractivity contribution in [2.75, 3.05) is 14.2 Å². The SMILES string of the molecule is COc1cc(C)c(C(N)C(C)C(=O)O)cc1OC. The van der Waals surface area contributed by atoms with E-state index in [0.29, 0.717) is 11.5 Å². The van der Waals surface area contributed by atoms with Crippen LogP contribution < -0.4 is 15.2 Å². The Bertz CT molecular complexity index is 445. The Morgan fingerprint density at radius 3 is 2.22 bits per heavy atom. The summed E-state index contributed by atoms with van der Waals surface area (Å²) < 4.78 is 10.4. The molecule has 0 aromatic heterocycles. The van der Waals surface area contributed by atoms with E-state index in [1.807, 2.05) is 6.92 Å². The van der Waals surface area contributed by atoms with Crippen LogP contribution >= 0.6 is 0 Å². The third-order valence-electron chi connectivity index (χ3n) is 3.06. The van der Waals surface area contributed by atoms with E-state index in [1.165, 1.54) is 7.11 Å². The van der Waals surface area contributed by atoms with E-state index in [0.717, 1.165) is 11.1 Å². The predicted molar refractivity (Wildman–Crippen MR) is 68.0 cm³/mol. The van der Waals surface area contributed by atoms with E-state index in [-0.39, 0.29) is 0 Å². The standard InChI is InChI=1S/C13H19NO4/c1-7-5-10(17-3)11(18-4)6-9(7)12(14)8(2)13(15)16/h5-6,8,12H,14H2,1-4H3,(H,15,16). The molecule has 0 radical (unpaired) electrons. The van der Waals surface area contributed by atoms with Gasteiger partial charge in [-0.15, -0.1) is 0 Å². The molecule has 2 atom stereocenters. The van der Waals surface area contributed by atoms with Gasteiger partial charge < -0.3 is 20.3 Å². The Morgan fingerprint density at radius 2 is 1.78 bits per heavy atom. The van der Waals surface area contributed by atoms with Crippen molar-refractivity contribution < 1.29 is 19.4 Å². The van der Waals surface area contributed by atoms with Gasteiger partial charge in [-0.3, -0.25) is 4.79 Å². The molecule has 1 aromatic carbocycles. The maximum atomic E-state index is 11.0. The van der Waals surface area contributed by atoms with Gasteiger partial charge in [0.2, 0.25) is 0 Å². The molecule has 0 fully saturated rings. The molecule has 0 aliphatic heterocycles. The summed E-state index contributed by atoms with van der Waals surface area (Å²) in [5.74, 6) is -0.432. The lowest BCUT2D eigenvalue weighted by molar-refractivity contribution is -0.141. The van der Waals surface area contributed by atoms with Crippen LogP contribution in [0.4, 0.5) is 0 Å². The molecule has 18 heavy (non-hydrogen) atoms. The largest absolute Gasteiger partial charge is 0.493 e. The Morgan fingerprint density at radius 1 is 1.28 bits per heavy atom. The Balaban J connectivity index is 3.20. The first-order valence-corrected chi connectivity index (χ1v) is 5.63. The van der Waals surface area contributed by atoms with Crippen molar-refractivity contribution in [3.8, 4) is 11.5 Å². The highest BCUT2D eigenvalue weighted by Gasteiger charge is 2.24. The molecule has 0 saturated heterocycles. The molecule has 5 nitrogen and oxygen atoms in total. The number of aryl methyl sites for hydroxylation is 1. The second kappa shape index (κ2) is 5.73. The molecular weight excluding hydrogens is 234 g/mol. The fourth-order valence-electron chi connectivity index (χ4n) is 1.78. The summed E-state index contributed by atoms with van der Waals surface area (Å²) in [5.41, 5.74) is 7.61. The van der Waals surface area contributed by atoms with E-state index in [9.17, 15) is 4.79 Å². The maximum absolute atomic E-state index is 11.0. The van der Waals surface area contributed by atoms with Crippen LogP contribution in [0.15, 0.2) is 12.1 Å². The van der Waals surface area contributed by atoms with Gasteiger partial charge in [0.15, 0.2) is 11.5 Å². The molecule has 3 N–H and O–H groups in total. The highest BCUT2D eigenvalue weighted by atomic mass is 16.5. The number of hydrogen-bond donors (Lipinski definition) is 2. The van der Waals surface area contributed by atoms with Gasteiger partial charge in [0.1, 0.15) is 0 Å². The van der Waals surface area contributed by atoms with Gasteiger partial charge >= 0.3 is 5.97 Å². The minimum absolute atomic E-state index is 0.547. The fourth-order valence-corrected chi connectivity index (χ4v) is 1.78. The van der Waals surface area contributed by atoms with Crippen molar-refractivity contribution in [1.29, 1.82) is 0 Å². The van der Waals surface area contributed by atoms with Crippen molar-refractivity contribution in [2.45, 2.75) is 19.9 Å². The van der Waals surface area contributed by atoms with Gasteiger partial charge in [-0.05, 0) is 30.2 Å². The van der Waals surface area contributed by atoms with E-state index in [1.54, 1.807) is 26.2 Å². The molecular formula is C13H19NO4. The van der Waals surface area contributed by atoms with Crippen molar-refractivity contribution in [3.05, 3.63) is 23.3 Å². The van der Waals surface area contributed by atoms with Crippen LogP contribution in [0.2, 0.25) is 0 Å². The van der Waals surface area contributed by atoms with E-state index in [2.05, 4.69) is 0 Å². The molecule has 0 spiro atoms. The molecule has 0 heterocycles. The Hall–Kier alpha value is -1.75. The molecule has 1 aromatic rings.